The minimum atomic E-state index is -4.38. The highest BCUT2D eigenvalue weighted by Crippen LogP contribution is 2.41. The first-order chi connectivity index (χ1) is 10.3. The molecule has 0 saturated carbocycles. The Balaban J connectivity index is 2.18. The number of hydrogen-bond acceptors (Lipinski definition) is 4. The molecule has 3 aromatic heterocycles. The van der Waals surface area contributed by atoms with Gasteiger partial charge in [0.1, 0.15) is 11.3 Å². The highest BCUT2D eigenvalue weighted by molar-refractivity contribution is 8.00. The van der Waals surface area contributed by atoms with Crippen molar-refractivity contribution in [1.82, 2.24) is 19.5 Å². The number of imidazole rings is 1. The van der Waals surface area contributed by atoms with Crippen LogP contribution in [0.4, 0.5) is 13.2 Å². The van der Waals surface area contributed by atoms with E-state index in [1.165, 1.54) is 18.5 Å². The first kappa shape index (κ1) is 14.8. The van der Waals surface area contributed by atoms with Crippen LogP contribution >= 0.6 is 11.8 Å². The Morgan fingerprint density at radius 3 is 2.73 bits per heavy atom. The normalized spacial score (nSPS) is 12.0. The molecule has 0 radical (unpaired) electrons. The van der Waals surface area contributed by atoms with E-state index in [2.05, 4.69) is 15.0 Å². The van der Waals surface area contributed by atoms with Crippen molar-refractivity contribution in [3.05, 3.63) is 36.3 Å². The smallest absolute Gasteiger partial charge is 0.312 e. The highest BCUT2D eigenvalue weighted by atomic mass is 32.2. The van der Waals surface area contributed by atoms with Crippen LogP contribution < -0.4 is 0 Å². The molecule has 3 rings (SSSR count). The summed E-state index contributed by atoms with van der Waals surface area (Å²) in [7, 11) is 1.73. The molecule has 8 heteroatoms. The van der Waals surface area contributed by atoms with Gasteiger partial charge in [-0.2, -0.15) is 13.2 Å². The van der Waals surface area contributed by atoms with Crippen LogP contribution in [0.5, 0.6) is 0 Å². The van der Waals surface area contributed by atoms with Crippen molar-refractivity contribution in [2.45, 2.75) is 17.3 Å². The van der Waals surface area contributed by atoms with Crippen molar-refractivity contribution < 1.29 is 13.2 Å². The fraction of sp³-hybridized carbons (Fsp3) is 0.214. The molecule has 3 aromatic rings. The Morgan fingerprint density at radius 2 is 2.00 bits per heavy atom. The number of nitrogens with zero attached hydrogens (tertiary/aromatic N) is 4. The predicted molar refractivity (Wildman–Crippen MR) is 78.4 cm³/mol. The van der Waals surface area contributed by atoms with Gasteiger partial charge in [0.2, 0.25) is 0 Å². The number of thioether (sulfide) groups is 1. The molecule has 0 aromatic carbocycles. The summed E-state index contributed by atoms with van der Waals surface area (Å²) in [5, 5.41) is 0. The Morgan fingerprint density at radius 1 is 1.23 bits per heavy atom. The molecular formula is C14H11F3N4S. The summed E-state index contributed by atoms with van der Waals surface area (Å²) in [5.74, 6) is 0.433. The number of fused-ring (bicyclic) bond motifs is 1. The van der Waals surface area contributed by atoms with Gasteiger partial charge in [0.25, 0.3) is 0 Å². The second-order valence-corrected chi connectivity index (χ2v) is 5.88. The first-order valence-electron chi connectivity index (χ1n) is 6.34. The SMILES string of the molecule is Cc1cnc2c(c1)nc(-c1ccncc1SC(F)(F)F)n2C. The molecule has 0 unspecified atom stereocenters. The molecule has 22 heavy (non-hydrogen) atoms. The summed E-state index contributed by atoms with van der Waals surface area (Å²) in [4.78, 5) is 12.5. The first-order valence-corrected chi connectivity index (χ1v) is 7.16. The topological polar surface area (TPSA) is 43.6 Å². The van der Waals surface area contributed by atoms with Gasteiger partial charge in [-0.05, 0) is 36.4 Å². The van der Waals surface area contributed by atoms with Gasteiger partial charge in [-0.15, -0.1) is 0 Å². The quantitative estimate of drug-likeness (QED) is 0.670. The van der Waals surface area contributed by atoms with E-state index in [1.54, 1.807) is 17.8 Å². The zero-order valence-electron chi connectivity index (χ0n) is 11.7. The van der Waals surface area contributed by atoms with Gasteiger partial charge in [-0.3, -0.25) is 4.98 Å². The Bertz CT molecular complexity index is 842. The Hall–Kier alpha value is -2.09. The van der Waals surface area contributed by atoms with Gasteiger partial charge in [0.15, 0.2) is 5.65 Å². The molecule has 114 valence electrons. The average Bonchev–Trinajstić information content (AvgIpc) is 2.74. The second-order valence-electron chi connectivity index (χ2n) is 4.77. The second kappa shape index (κ2) is 5.28. The summed E-state index contributed by atoms with van der Waals surface area (Å²) >= 11 is -0.192. The minimum absolute atomic E-state index is 0.0186. The van der Waals surface area contributed by atoms with Crippen LogP contribution in [-0.2, 0) is 7.05 Å². The van der Waals surface area contributed by atoms with Gasteiger partial charge in [0, 0.05) is 36.1 Å². The molecule has 0 aliphatic rings. The third-order valence-electron chi connectivity index (χ3n) is 3.10. The maximum absolute atomic E-state index is 12.7. The van der Waals surface area contributed by atoms with Crippen LogP contribution in [0.25, 0.3) is 22.6 Å². The van der Waals surface area contributed by atoms with Crippen LogP contribution in [0.3, 0.4) is 0 Å². The lowest BCUT2D eigenvalue weighted by atomic mass is 10.2. The van der Waals surface area contributed by atoms with E-state index in [1.807, 2.05) is 13.0 Å². The number of aryl methyl sites for hydroxylation is 2. The molecule has 0 saturated heterocycles. The molecule has 0 spiro atoms. The van der Waals surface area contributed by atoms with Gasteiger partial charge in [-0.1, -0.05) is 0 Å². The van der Waals surface area contributed by atoms with Crippen molar-refractivity contribution in [3.63, 3.8) is 0 Å². The summed E-state index contributed by atoms with van der Waals surface area (Å²) in [6.07, 6.45) is 4.35. The maximum Gasteiger partial charge on any atom is 0.446 e. The zero-order chi connectivity index (χ0) is 15.9. The average molecular weight is 324 g/mol. The van der Waals surface area contributed by atoms with Crippen LogP contribution in [-0.4, -0.2) is 25.0 Å². The lowest BCUT2D eigenvalue weighted by Gasteiger charge is -2.10. The standard InChI is InChI=1S/C14H11F3N4S/c1-8-5-10-13(19-6-8)21(2)12(20-10)9-3-4-18-7-11(9)22-14(15,16)17/h3-7H,1-2H3. The molecule has 0 amide bonds. The monoisotopic (exact) mass is 324 g/mol. The van der Waals surface area contributed by atoms with E-state index in [0.29, 0.717) is 22.6 Å². The van der Waals surface area contributed by atoms with Crippen molar-refractivity contribution in [2.24, 2.45) is 7.05 Å². The van der Waals surface area contributed by atoms with Gasteiger partial charge in [0.05, 0.1) is 0 Å². The fourth-order valence-corrected chi connectivity index (χ4v) is 2.82. The molecule has 0 aliphatic carbocycles. The van der Waals surface area contributed by atoms with Crippen molar-refractivity contribution in [1.29, 1.82) is 0 Å². The lowest BCUT2D eigenvalue weighted by Crippen LogP contribution is -2.02. The molecule has 3 heterocycles. The summed E-state index contributed by atoms with van der Waals surface area (Å²) < 4.78 is 39.8. The number of aromatic nitrogens is 4. The van der Waals surface area contributed by atoms with Gasteiger partial charge < -0.3 is 4.57 Å². The number of rotatable bonds is 2. The van der Waals surface area contributed by atoms with Crippen LogP contribution in [0.2, 0.25) is 0 Å². The summed E-state index contributed by atoms with van der Waals surface area (Å²) in [5.41, 5.74) is -1.78. The molecule has 0 aliphatic heterocycles. The molecule has 0 fully saturated rings. The molecular weight excluding hydrogens is 313 g/mol. The van der Waals surface area contributed by atoms with Gasteiger partial charge >= 0.3 is 5.51 Å². The third kappa shape index (κ3) is 2.78. The fourth-order valence-electron chi connectivity index (χ4n) is 2.19. The van der Waals surface area contributed by atoms with Crippen molar-refractivity contribution in [2.75, 3.05) is 0 Å². The summed E-state index contributed by atoms with van der Waals surface area (Å²) in [6.45, 7) is 1.89. The van der Waals surface area contributed by atoms with Crippen molar-refractivity contribution >= 4 is 22.9 Å². The number of hydrogen-bond donors (Lipinski definition) is 0. The molecule has 4 nitrogen and oxygen atoms in total. The van der Waals surface area contributed by atoms with E-state index in [9.17, 15) is 13.2 Å². The predicted octanol–water partition coefficient (Wildman–Crippen LogP) is 3.95. The number of pyridine rings is 2. The zero-order valence-corrected chi connectivity index (χ0v) is 12.5. The van der Waals surface area contributed by atoms with E-state index >= 15 is 0 Å². The Kier molecular flexibility index (Phi) is 3.56. The largest absolute Gasteiger partial charge is 0.446 e. The van der Waals surface area contributed by atoms with Gasteiger partial charge in [-0.25, -0.2) is 9.97 Å². The van der Waals surface area contributed by atoms with Crippen molar-refractivity contribution in [3.8, 4) is 11.4 Å². The van der Waals surface area contributed by atoms with E-state index in [4.69, 9.17) is 0 Å². The van der Waals surface area contributed by atoms with Crippen LogP contribution in [0, 0.1) is 6.92 Å². The van der Waals surface area contributed by atoms with E-state index < -0.39 is 5.51 Å². The third-order valence-corrected chi connectivity index (χ3v) is 3.87. The number of halogens is 3. The lowest BCUT2D eigenvalue weighted by molar-refractivity contribution is -0.0328. The Labute approximate surface area is 128 Å². The van der Waals surface area contributed by atoms with Crippen LogP contribution in [0.15, 0.2) is 35.6 Å². The molecule has 0 bridgehead atoms. The highest BCUT2D eigenvalue weighted by Gasteiger charge is 2.31. The van der Waals surface area contributed by atoms with E-state index in [0.717, 1.165) is 5.56 Å². The maximum atomic E-state index is 12.7. The molecule has 0 N–H and O–H groups in total. The van der Waals surface area contributed by atoms with E-state index in [-0.39, 0.29) is 16.7 Å². The number of alkyl halides is 3. The summed E-state index contributed by atoms with van der Waals surface area (Å²) in [6, 6.07) is 3.38. The molecule has 0 atom stereocenters. The minimum Gasteiger partial charge on any atom is -0.312 e. The van der Waals surface area contributed by atoms with Crippen LogP contribution in [0.1, 0.15) is 5.56 Å².